The van der Waals surface area contributed by atoms with Gasteiger partial charge in [-0.15, -0.1) is 0 Å². The molecule has 27 heavy (non-hydrogen) atoms. The lowest BCUT2D eigenvalue weighted by atomic mass is 10.1. The molecule has 2 heterocycles. The number of amides is 2. The van der Waals surface area contributed by atoms with Crippen LogP contribution in [-0.2, 0) is 0 Å². The van der Waals surface area contributed by atoms with E-state index in [1.165, 1.54) is 6.07 Å². The van der Waals surface area contributed by atoms with Crippen LogP contribution in [-0.4, -0.2) is 26.3 Å². The number of benzene rings is 1. The topological polar surface area (TPSA) is 115 Å². The van der Waals surface area contributed by atoms with Gasteiger partial charge >= 0.3 is 0 Å². The summed E-state index contributed by atoms with van der Waals surface area (Å²) >= 11 is 9.41. The normalized spacial score (nSPS) is 10.5. The van der Waals surface area contributed by atoms with Crippen LogP contribution < -0.4 is 16.6 Å². The maximum atomic E-state index is 12.9. The fraction of sp³-hybridized carbons (Fsp3) is 0.0588. The number of aryl methyl sites for hydroxylation is 1. The number of carbonyl (C=O) groups excluding carboxylic acids is 2. The van der Waals surface area contributed by atoms with Gasteiger partial charge in [0.25, 0.3) is 11.8 Å². The summed E-state index contributed by atoms with van der Waals surface area (Å²) < 4.78 is 2.15. The Morgan fingerprint density at radius 3 is 2.56 bits per heavy atom. The predicted octanol–water partition coefficient (Wildman–Crippen LogP) is 2.85. The molecule has 0 aliphatic carbocycles. The van der Waals surface area contributed by atoms with E-state index in [4.69, 9.17) is 17.4 Å². The quantitative estimate of drug-likeness (QED) is 0.322. The van der Waals surface area contributed by atoms with E-state index >= 15 is 0 Å². The Labute approximate surface area is 167 Å². The molecule has 0 aliphatic rings. The Morgan fingerprint density at radius 1 is 1.19 bits per heavy atom. The van der Waals surface area contributed by atoms with Crippen LogP contribution in [0, 0.1) is 6.92 Å². The summed E-state index contributed by atoms with van der Waals surface area (Å²) in [6, 6.07) is 8.06. The maximum absolute atomic E-state index is 12.9. The van der Waals surface area contributed by atoms with Gasteiger partial charge in [0.15, 0.2) is 0 Å². The van der Waals surface area contributed by atoms with Crippen LogP contribution >= 0.6 is 27.5 Å². The molecule has 3 rings (SSSR count). The lowest BCUT2D eigenvalue weighted by Crippen LogP contribution is -2.31. The minimum Gasteiger partial charge on any atom is -0.320 e. The smallest absolute Gasteiger partial charge is 0.272 e. The number of hydrogen-bond donors (Lipinski definition) is 3. The summed E-state index contributed by atoms with van der Waals surface area (Å²) in [4.78, 5) is 33.3. The molecule has 3 aromatic rings. The fourth-order valence-corrected chi connectivity index (χ4v) is 3.30. The molecule has 0 fully saturated rings. The van der Waals surface area contributed by atoms with Gasteiger partial charge in [-0.2, -0.15) is 0 Å². The standard InChI is InChI=1S/C17H14BrClN6O2/c1-9-7-10(19)8-11(15(26)24-20)14(9)23-16(27)12-3-4-13(18)25(12)17-21-5-2-6-22-17/h2-8H,20H2,1H3,(H,23,27)(H,24,26). The molecule has 0 saturated heterocycles. The van der Waals surface area contributed by atoms with Crippen molar-refractivity contribution in [3.05, 3.63) is 69.2 Å². The minimum atomic E-state index is -0.571. The number of nitrogens with one attached hydrogen (secondary N) is 2. The van der Waals surface area contributed by atoms with Crippen LogP contribution in [0.5, 0.6) is 0 Å². The molecule has 0 atom stereocenters. The van der Waals surface area contributed by atoms with E-state index in [-0.39, 0.29) is 11.3 Å². The molecule has 4 N–H and O–H groups in total. The Bertz CT molecular complexity index is 1020. The molecule has 0 saturated carbocycles. The number of nitrogens with zero attached hydrogens (tertiary/aromatic N) is 3. The third-order valence-electron chi connectivity index (χ3n) is 3.73. The largest absolute Gasteiger partial charge is 0.320 e. The highest BCUT2D eigenvalue weighted by Gasteiger charge is 2.21. The van der Waals surface area contributed by atoms with Crippen molar-refractivity contribution in [1.82, 2.24) is 20.0 Å². The number of hydrazine groups is 1. The average molecular weight is 450 g/mol. The van der Waals surface area contributed by atoms with Gasteiger partial charge < -0.3 is 5.32 Å². The summed E-state index contributed by atoms with van der Waals surface area (Å²) in [6.45, 7) is 1.73. The van der Waals surface area contributed by atoms with Gasteiger partial charge in [-0.1, -0.05) is 11.6 Å². The molecule has 0 bridgehead atoms. The predicted molar refractivity (Wildman–Crippen MR) is 105 cm³/mol. The number of nitrogens with two attached hydrogens (primary N) is 1. The van der Waals surface area contributed by atoms with Gasteiger partial charge in [-0.05, 0) is 58.7 Å². The lowest BCUT2D eigenvalue weighted by Gasteiger charge is -2.15. The van der Waals surface area contributed by atoms with Crippen LogP contribution in [0.2, 0.25) is 5.02 Å². The van der Waals surface area contributed by atoms with Gasteiger partial charge in [0.1, 0.15) is 5.69 Å². The van der Waals surface area contributed by atoms with Crippen LogP contribution in [0.1, 0.15) is 26.4 Å². The van der Waals surface area contributed by atoms with Crippen molar-refractivity contribution >= 4 is 45.0 Å². The highest BCUT2D eigenvalue weighted by Crippen LogP contribution is 2.27. The monoisotopic (exact) mass is 448 g/mol. The number of anilines is 1. The van der Waals surface area contributed by atoms with E-state index in [0.29, 0.717) is 26.8 Å². The first-order valence-electron chi connectivity index (χ1n) is 7.69. The van der Waals surface area contributed by atoms with Crippen LogP contribution in [0.15, 0.2) is 47.3 Å². The number of aromatic nitrogens is 3. The third kappa shape index (κ3) is 3.85. The van der Waals surface area contributed by atoms with Crippen LogP contribution in [0.4, 0.5) is 5.69 Å². The SMILES string of the molecule is Cc1cc(Cl)cc(C(=O)NN)c1NC(=O)c1ccc(Br)n1-c1ncccn1. The van der Waals surface area contributed by atoms with E-state index in [9.17, 15) is 9.59 Å². The Kier molecular flexibility index (Phi) is 5.54. The molecule has 138 valence electrons. The van der Waals surface area contributed by atoms with Crippen molar-refractivity contribution < 1.29 is 9.59 Å². The molecule has 8 nitrogen and oxygen atoms in total. The number of halogens is 2. The summed E-state index contributed by atoms with van der Waals surface area (Å²) in [5.74, 6) is 4.54. The summed E-state index contributed by atoms with van der Waals surface area (Å²) in [6.07, 6.45) is 3.15. The van der Waals surface area contributed by atoms with E-state index < -0.39 is 11.8 Å². The number of nitrogen functional groups attached to an aromatic ring is 1. The van der Waals surface area contributed by atoms with Crippen molar-refractivity contribution in [1.29, 1.82) is 0 Å². The van der Waals surface area contributed by atoms with Gasteiger partial charge in [0.05, 0.1) is 15.9 Å². The summed E-state index contributed by atoms with van der Waals surface area (Å²) in [5, 5.41) is 3.10. The zero-order valence-corrected chi connectivity index (χ0v) is 16.4. The molecule has 0 spiro atoms. The molecular weight excluding hydrogens is 436 g/mol. The van der Waals surface area contributed by atoms with E-state index in [1.807, 2.05) is 5.43 Å². The van der Waals surface area contributed by atoms with Crippen molar-refractivity contribution in [2.45, 2.75) is 6.92 Å². The zero-order valence-electron chi connectivity index (χ0n) is 14.0. The average Bonchev–Trinajstić information content (AvgIpc) is 3.05. The maximum Gasteiger partial charge on any atom is 0.272 e. The molecule has 1 aromatic carbocycles. The van der Waals surface area contributed by atoms with Crippen molar-refractivity contribution in [3.8, 4) is 5.95 Å². The van der Waals surface area contributed by atoms with Crippen molar-refractivity contribution in [3.63, 3.8) is 0 Å². The Morgan fingerprint density at radius 2 is 1.89 bits per heavy atom. The first-order chi connectivity index (χ1) is 12.9. The molecular formula is C17H14BrClN6O2. The first-order valence-corrected chi connectivity index (χ1v) is 8.86. The van der Waals surface area contributed by atoms with Gasteiger partial charge in [-0.3, -0.25) is 19.6 Å². The van der Waals surface area contributed by atoms with Gasteiger partial charge in [-0.25, -0.2) is 15.8 Å². The second-order valence-electron chi connectivity index (χ2n) is 5.50. The van der Waals surface area contributed by atoms with Gasteiger partial charge in [0, 0.05) is 17.4 Å². The number of rotatable bonds is 4. The van der Waals surface area contributed by atoms with Crippen LogP contribution in [0.25, 0.3) is 5.95 Å². The fourth-order valence-electron chi connectivity index (χ4n) is 2.54. The third-order valence-corrected chi connectivity index (χ3v) is 4.57. The van der Waals surface area contributed by atoms with E-state index in [2.05, 4.69) is 31.2 Å². The Balaban J connectivity index is 2.02. The van der Waals surface area contributed by atoms with Gasteiger partial charge in [0.2, 0.25) is 5.95 Å². The van der Waals surface area contributed by atoms with E-state index in [1.54, 1.807) is 48.1 Å². The molecule has 0 unspecified atom stereocenters. The van der Waals surface area contributed by atoms with Crippen LogP contribution in [0.3, 0.4) is 0 Å². The second-order valence-corrected chi connectivity index (χ2v) is 6.75. The highest BCUT2D eigenvalue weighted by molar-refractivity contribution is 9.10. The molecule has 10 heteroatoms. The number of carbonyl (C=O) groups is 2. The van der Waals surface area contributed by atoms with E-state index in [0.717, 1.165) is 0 Å². The minimum absolute atomic E-state index is 0.156. The van der Waals surface area contributed by atoms with Crippen molar-refractivity contribution in [2.24, 2.45) is 5.84 Å². The molecule has 2 aromatic heterocycles. The zero-order chi connectivity index (χ0) is 19.6. The molecule has 0 aliphatic heterocycles. The Hall–Kier alpha value is -2.75. The number of hydrogen-bond acceptors (Lipinski definition) is 5. The molecule has 2 amide bonds. The summed E-state index contributed by atoms with van der Waals surface area (Å²) in [5.41, 5.74) is 3.41. The highest BCUT2D eigenvalue weighted by atomic mass is 79.9. The van der Waals surface area contributed by atoms with Crippen molar-refractivity contribution in [2.75, 3.05) is 5.32 Å². The first kappa shape index (κ1) is 19.0. The molecule has 0 radical (unpaired) electrons. The second kappa shape index (κ2) is 7.87. The lowest BCUT2D eigenvalue weighted by molar-refractivity contribution is 0.0954. The summed E-state index contributed by atoms with van der Waals surface area (Å²) in [7, 11) is 0.